The van der Waals surface area contributed by atoms with Crippen LogP contribution in [0.25, 0.3) is 10.8 Å². The number of nitrogens with zero attached hydrogens (tertiary/aromatic N) is 1. The van der Waals surface area contributed by atoms with Gasteiger partial charge in [0.05, 0.1) is 5.75 Å². The quantitative estimate of drug-likeness (QED) is 0.889. The molecule has 132 valence electrons. The van der Waals surface area contributed by atoms with Gasteiger partial charge in [0.2, 0.25) is 11.5 Å². The van der Waals surface area contributed by atoms with E-state index in [4.69, 9.17) is 4.74 Å². The molecule has 0 aliphatic carbocycles. The average Bonchev–Trinajstić information content (AvgIpc) is 2.62. The molecule has 3 rings (SSSR count). The highest BCUT2D eigenvalue weighted by Crippen LogP contribution is 2.31. The Hall–Kier alpha value is -2.21. The number of carboxylic acids is 1. The number of hydrogen-bond acceptors (Lipinski definition) is 4. The Morgan fingerprint density at radius 2 is 1.84 bits per heavy atom. The summed E-state index contributed by atoms with van der Waals surface area (Å²) >= 11 is 1.47. The zero-order chi connectivity index (χ0) is 17.9. The van der Waals surface area contributed by atoms with E-state index in [1.165, 1.54) is 11.8 Å². The van der Waals surface area contributed by atoms with Crippen LogP contribution in [0.3, 0.4) is 0 Å². The first-order chi connectivity index (χ1) is 12.0. The van der Waals surface area contributed by atoms with Crippen LogP contribution in [0.2, 0.25) is 0 Å². The third-order valence-corrected chi connectivity index (χ3v) is 5.15. The topological polar surface area (TPSA) is 66.8 Å². The second-order valence-corrected chi connectivity index (χ2v) is 7.09. The van der Waals surface area contributed by atoms with Crippen LogP contribution in [-0.2, 0) is 9.59 Å². The van der Waals surface area contributed by atoms with Gasteiger partial charge in [0, 0.05) is 25.9 Å². The van der Waals surface area contributed by atoms with Crippen LogP contribution in [0.5, 0.6) is 5.75 Å². The molecule has 0 aromatic heterocycles. The van der Waals surface area contributed by atoms with Crippen molar-refractivity contribution in [2.75, 3.05) is 25.1 Å². The number of aliphatic carboxylic acids is 1. The van der Waals surface area contributed by atoms with Gasteiger partial charge >= 0.3 is 5.97 Å². The lowest BCUT2D eigenvalue weighted by atomic mass is 9.91. The van der Waals surface area contributed by atoms with Gasteiger partial charge in [0.1, 0.15) is 5.75 Å². The summed E-state index contributed by atoms with van der Waals surface area (Å²) in [4.78, 5) is 25.6. The van der Waals surface area contributed by atoms with Gasteiger partial charge in [-0.05, 0) is 29.2 Å². The molecule has 1 heterocycles. The maximum atomic E-state index is 12.0. The molecule has 2 aromatic carbocycles. The number of amides is 1. The molecule has 1 fully saturated rings. The molecule has 5 nitrogen and oxygen atoms in total. The van der Waals surface area contributed by atoms with Gasteiger partial charge in [-0.3, -0.25) is 4.79 Å². The van der Waals surface area contributed by atoms with E-state index >= 15 is 0 Å². The van der Waals surface area contributed by atoms with Gasteiger partial charge in [0.25, 0.3) is 0 Å². The molecule has 6 heteroatoms. The predicted molar refractivity (Wildman–Crippen MR) is 99.1 cm³/mol. The number of ether oxygens (including phenoxy) is 1. The Labute approximate surface area is 151 Å². The minimum atomic E-state index is -1.28. The maximum Gasteiger partial charge on any atom is 0.348 e. The molecule has 1 saturated heterocycles. The van der Waals surface area contributed by atoms with E-state index in [1.54, 1.807) is 11.0 Å². The Bertz CT molecular complexity index is 784. The van der Waals surface area contributed by atoms with E-state index in [9.17, 15) is 14.7 Å². The monoisotopic (exact) mass is 359 g/mol. The lowest BCUT2D eigenvalue weighted by molar-refractivity contribution is -0.161. The Balaban J connectivity index is 1.77. The molecular weight excluding hydrogens is 338 g/mol. The molecule has 0 spiro atoms. The van der Waals surface area contributed by atoms with Crippen molar-refractivity contribution in [1.82, 2.24) is 4.90 Å². The molecule has 1 N–H and O–H groups in total. The first kappa shape index (κ1) is 17.6. The molecule has 0 atom stereocenters. The normalized spacial score (nSPS) is 16.6. The van der Waals surface area contributed by atoms with Crippen molar-refractivity contribution in [3.05, 3.63) is 42.5 Å². The van der Waals surface area contributed by atoms with Crippen LogP contribution in [-0.4, -0.2) is 52.6 Å². The van der Waals surface area contributed by atoms with Crippen LogP contribution >= 0.6 is 11.8 Å². The van der Waals surface area contributed by atoms with Gasteiger partial charge in [-0.1, -0.05) is 30.3 Å². The number of fused-ring (bicyclic) bond motifs is 1. The molecule has 1 aliphatic heterocycles. The number of thioether (sulfide) groups is 1. The van der Waals surface area contributed by atoms with Crippen molar-refractivity contribution in [3.8, 4) is 5.75 Å². The minimum absolute atomic E-state index is 0.0530. The third kappa shape index (κ3) is 3.74. The summed E-state index contributed by atoms with van der Waals surface area (Å²) in [6, 6.07) is 13.5. The van der Waals surface area contributed by atoms with Crippen LogP contribution in [0.4, 0.5) is 0 Å². The van der Waals surface area contributed by atoms with Gasteiger partial charge in [0.15, 0.2) is 0 Å². The Kier molecular flexibility index (Phi) is 5.18. The van der Waals surface area contributed by atoms with Crippen molar-refractivity contribution in [2.24, 2.45) is 0 Å². The van der Waals surface area contributed by atoms with Crippen molar-refractivity contribution >= 4 is 34.4 Å². The summed E-state index contributed by atoms with van der Waals surface area (Å²) in [6.45, 7) is 0.804. The number of carboxylic acid groups (broad SMARTS) is 1. The Morgan fingerprint density at radius 1 is 1.16 bits per heavy atom. The number of benzene rings is 2. The van der Waals surface area contributed by atoms with E-state index in [2.05, 4.69) is 0 Å². The summed E-state index contributed by atoms with van der Waals surface area (Å²) in [7, 11) is 0. The zero-order valence-corrected chi connectivity index (χ0v) is 14.9. The number of carbonyl (C=O) groups excluding carboxylic acids is 1. The van der Waals surface area contributed by atoms with Crippen LogP contribution in [0.15, 0.2) is 42.5 Å². The van der Waals surface area contributed by atoms with Gasteiger partial charge in [-0.15, -0.1) is 0 Å². The van der Waals surface area contributed by atoms with Crippen molar-refractivity contribution in [1.29, 1.82) is 0 Å². The number of carbonyl (C=O) groups is 2. The fourth-order valence-corrected chi connectivity index (χ4v) is 3.58. The zero-order valence-electron chi connectivity index (χ0n) is 14.1. The second-order valence-electron chi connectivity index (χ2n) is 6.22. The first-order valence-corrected chi connectivity index (χ1v) is 9.61. The number of piperidine rings is 1. The molecule has 0 radical (unpaired) electrons. The van der Waals surface area contributed by atoms with Crippen LogP contribution in [0.1, 0.15) is 12.8 Å². The average molecular weight is 359 g/mol. The number of rotatable bonds is 5. The third-order valence-electron chi connectivity index (χ3n) is 4.62. The maximum absolute atomic E-state index is 12.0. The van der Waals surface area contributed by atoms with Gasteiger partial charge in [-0.2, -0.15) is 11.8 Å². The highest BCUT2D eigenvalue weighted by Gasteiger charge is 2.44. The van der Waals surface area contributed by atoms with Gasteiger partial charge < -0.3 is 14.7 Å². The number of hydrogen-bond donors (Lipinski definition) is 1. The molecular formula is C19H21NO4S. The number of likely N-dealkylation sites (tertiary alicyclic amines) is 1. The molecule has 0 unspecified atom stereocenters. The largest absolute Gasteiger partial charge is 0.478 e. The van der Waals surface area contributed by atoms with Crippen LogP contribution in [0, 0.1) is 0 Å². The summed E-state index contributed by atoms with van der Waals surface area (Å²) in [5, 5.41) is 11.8. The van der Waals surface area contributed by atoms with Crippen molar-refractivity contribution in [3.63, 3.8) is 0 Å². The second kappa shape index (κ2) is 7.35. The van der Waals surface area contributed by atoms with E-state index in [-0.39, 0.29) is 18.7 Å². The summed E-state index contributed by atoms with van der Waals surface area (Å²) in [5.74, 6) is 0.0470. The molecule has 1 aliphatic rings. The van der Waals surface area contributed by atoms with E-state index < -0.39 is 11.6 Å². The predicted octanol–water partition coefficient (Wildman–Crippen LogP) is 3.03. The van der Waals surface area contributed by atoms with Crippen LogP contribution < -0.4 is 4.74 Å². The Morgan fingerprint density at radius 3 is 2.48 bits per heavy atom. The molecule has 0 bridgehead atoms. The van der Waals surface area contributed by atoms with Crippen molar-refractivity contribution < 1.29 is 19.4 Å². The highest BCUT2D eigenvalue weighted by atomic mass is 32.2. The highest BCUT2D eigenvalue weighted by molar-refractivity contribution is 7.99. The molecule has 1 amide bonds. The lowest BCUT2D eigenvalue weighted by Crippen LogP contribution is -2.54. The SMILES string of the molecule is CSCC(=O)N1CCC(Oc2ccc3ccccc3c2)(C(=O)O)CC1. The standard InChI is InChI=1S/C19H21NO4S/c1-25-13-17(21)20-10-8-19(9-11-20,18(22)23)24-16-7-6-14-4-2-3-5-15(14)12-16/h2-7,12H,8-11,13H2,1H3,(H,22,23). The van der Waals surface area contributed by atoms with E-state index in [1.807, 2.05) is 42.7 Å². The molecule has 2 aromatic rings. The van der Waals surface area contributed by atoms with E-state index in [0.29, 0.717) is 24.6 Å². The fourth-order valence-electron chi connectivity index (χ4n) is 3.15. The summed E-state index contributed by atoms with van der Waals surface area (Å²) in [5.41, 5.74) is -1.28. The van der Waals surface area contributed by atoms with Crippen molar-refractivity contribution in [2.45, 2.75) is 18.4 Å². The minimum Gasteiger partial charge on any atom is -0.478 e. The smallest absolute Gasteiger partial charge is 0.348 e. The summed E-state index contributed by atoms with van der Waals surface area (Å²) < 4.78 is 5.96. The summed E-state index contributed by atoms with van der Waals surface area (Å²) in [6.07, 6.45) is 2.46. The molecule has 0 saturated carbocycles. The van der Waals surface area contributed by atoms with E-state index in [0.717, 1.165) is 10.8 Å². The van der Waals surface area contributed by atoms with Gasteiger partial charge in [-0.25, -0.2) is 4.79 Å². The first-order valence-electron chi connectivity index (χ1n) is 8.22. The lowest BCUT2D eigenvalue weighted by Gasteiger charge is -2.38. The fraction of sp³-hybridized carbons (Fsp3) is 0.368. The molecule has 25 heavy (non-hydrogen) atoms.